The number of hydrogen-bond donors (Lipinski definition) is 1. The quantitative estimate of drug-likeness (QED) is 0.665. The molecule has 1 aliphatic heterocycles. The second kappa shape index (κ2) is 1.82. The van der Waals surface area contributed by atoms with E-state index in [1.54, 1.807) is 0 Å². The highest BCUT2D eigenvalue weighted by molar-refractivity contribution is 9.10. The lowest BCUT2D eigenvalue weighted by Crippen LogP contribution is -1.80. The molecule has 0 amide bonds. The molecule has 4 heteroatoms. The molecule has 0 saturated carbocycles. The number of aromatic nitrogens is 2. The van der Waals surface area contributed by atoms with Crippen LogP contribution in [0.1, 0.15) is 11.3 Å². The summed E-state index contributed by atoms with van der Waals surface area (Å²) in [6.45, 7) is 1.36. The fourth-order valence-electron chi connectivity index (χ4n) is 0.897. The third kappa shape index (κ3) is 0.702. The first kappa shape index (κ1) is 5.44. The first-order valence-electron chi connectivity index (χ1n) is 2.67. The van der Waals surface area contributed by atoms with E-state index in [2.05, 4.69) is 26.1 Å². The summed E-state index contributed by atoms with van der Waals surface area (Å²) in [5, 5.41) is 6.81. The molecule has 0 saturated heterocycles. The van der Waals surface area contributed by atoms with Crippen molar-refractivity contribution in [3.05, 3.63) is 15.9 Å². The maximum atomic E-state index is 5.13. The highest BCUT2D eigenvalue weighted by Gasteiger charge is 2.16. The lowest BCUT2D eigenvalue weighted by atomic mass is 10.3. The van der Waals surface area contributed by atoms with Crippen molar-refractivity contribution in [3.8, 4) is 0 Å². The van der Waals surface area contributed by atoms with E-state index in [0.717, 1.165) is 15.9 Å². The number of ether oxygens (including phenoxy) is 1. The molecule has 1 aromatic heterocycles. The van der Waals surface area contributed by atoms with Crippen LogP contribution in [0.3, 0.4) is 0 Å². The molecule has 1 aliphatic rings. The first-order valence-corrected chi connectivity index (χ1v) is 3.46. The molecule has 3 nitrogen and oxygen atoms in total. The molecule has 0 aromatic carbocycles. The SMILES string of the molecule is Brc1n[nH]c2c1COC2. The van der Waals surface area contributed by atoms with Crippen LogP contribution in [0.25, 0.3) is 0 Å². The zero-order valence-corrected chi connectivity index (χ0v) is 6.23. The van der Waals surface area contributed by atoms with Crippen molar-refractivity contribution in [3.63, 3.8) is 0 Å². The molecule has 0 radical (unpaired) electrons. The van der Waals surface area contributed by atoms with Crippen LogP contribution in [0.2, 0.25) is 0 Å². The Labute approximate surface area is 60.5 Å². The van der Waals surface area contributed by atoms with Gasteiger partial charge in [0.05, 0.1) is 18.9 Å². The van der Waals surface area contributed by atoms with Crippen LogP contribution < -0.4 is 0 Å². The van der Waals surface area contributed by atoms with E-state index in [4.69, 9.17) is 4.74 Å². The van der Waals surface area contributed by atoms with Crippen molar-refractivity contribution < 1.29 is 4.74 Å². The number of halogens is 1. The minimum atomic E-state index is 0.675. The van der Waals surface area contributed by atoms with E-state index in [1.165, 1.54) is 0 Å². The lowest BCUT2D eigenvalue weighted by molar-refractivity contribution is 0.131. The topological polar surface area (TPSA) is 37.9 Å². The van der Waals surface area contributed by atoms with Gasteiger partial charge in [0, 0.05) is 5.56 Å². The van der Waals surface area contributed by atoms with Gasteiger partial charge in [-0.25, -0.2) is 0 Å². The second-order valence-electron chi connectivity index (χ2n) is 1.96. The average Bonchev–Trinajstić information content (AvgIpc) is 2.35. The van der Waals surface area contributed by atoms with E-state index >= 15 is 0 Å². The number of nitrogens with zero attached hydrogens (tertiary/aromatic N) is 1. The van der Waals surface area contributed by atoms with Gasteiger partial charge in [0.25, 0.3) is 0 Å². The number of rotatable bonds is 0. The molecule has 48 valence electrons. The highest BCUT2D eigenvalue weighted by Crippen LogP contribution is 2.23. The number of aromatic amines is 1. The molecule has 2 rings (SSSR count). The summed E-state index contributed by atoms with van der Waals surface area (Å²) in [4.78, 5) is 0. The van der Waals surface area contributed by atoms with E-state index in [-0.39, 0.29) is 0 Å². The van der Waals surface area contributed by atoms with Crippen LogP contribution in [0.15, 0.2) is 4.60 Å². The highest BCUT2D eigenvalue weighted by atomic mass is 79.9. The monoisotopic (exact) mass is 188 g/mol. The Morgan fingerprint density at radius 1 is 1.56 bits per heavy atom. The zero-order chi connectivity index (χ0) is 6.27. The van der Waals surface area contributed by atoms with Crippen LogP contribution in [0, 0.1) is 0 Å². The minimum Gasteiger partial charge on any atom is -0.370 e. The van der Waals surface area contributed by atoms with Crippen molar-refractivity contribution in [2.45, 2.75) is 13.2 Å². The Morgan fingerprint density at radius 2 is 2.44 bits per heavy atom. The fourth-order valence-corrected chi connectivity index (χ4v) is 1.34. The summed E-state index contributed by atoms with van der Waals surface area (Å²) < 4.78 is 6.02. The van der Waals surface area contributed by atoms with Gasteiger partial charge >= 0.3 is 0 Å². The van der Waals surface area contributed by atoms with Crippen LogP contribution in [0.5, 0.6) is 0 Å². The number of H-pyrrole nitrogens is 1. The van der Waals surface area contributed by atoms with Gasteiger partial charge in [0.2, 0.25) is 0 Å². The lowest BCUT2D eigenvalue weighted by Gasteiger charge is -1.85. The summed E-state index contributed by atoms with van der Waals surface area (Å²) >= 11 is 3.29. The van der Waals surface area contributed by atoms with Crippen molar-refractivity contribution in [1.29, 1.82) is 0 Å². The Hall–Kier alpha value is -0.350. The van der Waals surface area contributed by atoms with Gasteiger partial charge in [0.15, 0.2) is 0 Å². The smallest absolute Gasteiger partial charge is 0.133 e. The van der Waals surface area contributed by atoms with Gasteiger partial charge < -0.3 is 4.74 Å². The first-order chi connectivity index (χ1) is 4.38. The molecular formula is C5H5BrN2O. The second-order valence-corrected chi connectivity index (χ2v) is 2.72. The van der Waals surface area contributed by atoms with E-state index < -0.39 is 0 Å². The van der Waals surface area contributed by atoms with E-state index in [1.807, 2.05) is 0 Å². The van der Waals surface area contributed by atoms with Gasteiger partial charge in [-0.15, -0.1) is 0 Å². The van der Waals surface area contributed by atoms with Crippen molar-refractivity contribution in [1.82, 2.24) is 10.2 Å². The van der Waals surface area contributed by atoms with Crippen LogP contribution in [-0.4, -0.2) is 10.2 Å². The van der Waals surface area contributed by atoms with Crippen molar-refractivity contribution in [2.24, 2.45) is 0 Å². The predicted octanol–water partition coefficient (Wildman–Crippen LogP) is 1.20. The standard InChI is InChI=1S/C5H5BrN2O/c6-5-3-1-9-2-4(3)7-8-5/h1-2H2,(H,7,8). The van der Waals surface area contributed by atoms with Gasteiger partial charge in [0.1, 0.15) is 4.60 Å². The molecule has 0 spiro atoms. The predicted molar refractivity (Wildman–Crippen MR) is 34.8 cm³/mol. The van der Waals surface area contributed by atoms with E-state index in [9.17, 15) is 0 Å². The average molecular weight is 189 g/mol. The molecule has 1 N–H and O–H groups in total. The molecule has 2 heterocycles. The summed E-state index contributed by atoms with van der Waals surface area (Å²) in [7, 11) is 0. The van der Waals surface area contributed by atoms with Gasteiger partial charge in [-0.2, -0.15) is 5.10 Å². The number of hydrogen-bond acceptors (Lipinski definition) is 2. The number of nitrogens with one attached hydrogen (secondary N) is 1. The summed E-state index contributed by atoms with van der Waals surface area (Å²) in [5.41, 5.74) is 2.26. The Balaban J connectivity index is 2.56. The van der Waals surface area contributed by atoms with Crippen molar-refractivity contribution >= 4 is 15.9 Å². The molecular weight excluding hydrogens is 184 g/mol. The maximum Gasteiger partial charge on any atom is 0.133 e. The minimum absolute atomic E-state index is 0.675. The van der Waals surface area contributed by atoms with Crippen LogP contribution >= 0.6 is 15.9 Å². The van der Waals surface area contributed by atoms with Crippen LogP contribution in [0.4, 0.5) is 0 Å². The zero-order valence-electron chi connectivity index (χ0n) is 4.65. The fraction of sp³-hybridized carbons (Fsp3) is 0.400. The van der Waals surface area contributed by atoms with Crippen LogP contribution in [-0.2, 0) is 18.0 Å². The third-order valence-corrected chi connectivity index (χ3v) is 2.05. The molecule has 0 fully saturated rings. The molecule has 0 atom stereocenters. The van der Waals surface area contributed by atoms with Gasteiger partial charge in [-0.05, 0) is 15.9 Å². The molecule has 9 heavy (non-hydrogen) atoms. The number of fused-ring (bicyclic) bond motifs is 1. The van der Waals surface area contributed by atoms with Gasteiger partial charge in [-0.1, -0.05) is 0 Å². The van der Waals surface area contributed by atoms with Crippen molar-refractivity contribution in [2.75, 3.05) is 0 Å². The normalized spacial score (nSPS) is 16.1. The third-order valence-electron chi connectivity index (χ3n) is 1.40. The van der Waals surface area contributed by atoms with E-state index in [0.29, 0.717) is 13.2 Å². The summed E-state index contributed by atoms with van der Waals surface area (Å²) in [6, 6.07) is 0. The largest absolute Gasteiger partial charge is 0.370 e. The Morgan fingerprint density at radius 3 is 3.22 bits per heavy atom. The summed E-state index contributed by atoms with van der Waals surface area (Å²) in [6.07, 6.45) is 0. The summed E-state index contributed by atoms with van der Waals surface area (Å²) in [5.74, 6) is 0. The molecule has 0 aliphatic carbocycles. The molecule has 1 aromatic rings. The molecule has 0 unspecified atom stereocenters. The molecule has 0 bridgehead atoms. The Bertz CT molecular complexity index is 233. The maximum absolute atomic E-state index is 5.13. The van der Waals surface area contributed by atoms with Gasteiger partial charge in [-0.3, -0.25) is 5.10 Å². The Kier molecular flexibility index (Phi) is 1.10.